The average Bonchev–Trinajstić information content (AvgIpc) is 2.87. The van der Waals surface area contributed by atoms with Gasteiger partial charge >= 0.3 is 0 Å². The van der Waals surface area contributed by atoms with Gasteiger partial charge in [0.25, 0.3) is 0 Å². The number of oxime groups is 1. The van der Waals surface area contributed by atoms with E-state index in [4.69, 9.17) is 10.9 Å². The molecular weight excluding hydrogens is 256 g/mol. The quantitative estimate of drug-likeness (QED) is 0.331. The van der Waals surface area contributed by atoms with E-state index in [9.17, 15) is 4.79 Å². The lowest BCUT2D eigenvalue weighted by Crippen LogP contribution is -2.53. The second-order valence-electron chi connectivity index (χ2n) is 5.83. The number of carbonyl (C=O) groups excluding carboxylic acids is 1. The Kier molecular flexibility index (Phi) is 5.80. The Morgan fingerprint density at radius 1 is 1.45 bits per heavy atom. The predicted octanol–water partition coefficient (Wildman–Crippen LogP) is 1.09. The molecule has 3 N–H and O–H groups in total. The molecule has 6 heteroatoms. The van der Waals surface area contributed by atoms with Crippen molar-refractivity contribution < 1.29 is 10.0 Å². The summed E-state index contributed by atoms with van der Waals surface area (Å²) in [6, 6.07) is 0.224. The first-order chi connectivity index (χ1) is 9.42. The number of amides is 1. The van der Waals surface area contributed by atoms with Crippen LogP contribution in [0.15, 0.2) is 5.16 Å². The van der Waals surface area contributed by atoms with Gasteiger partial charge < -0.3 is 20.7 Å². The van der Waals surface area contributed by atoms with Crippen LogP contribution in [0.4, 0.5) is 0 Å². The fraction of sp³-hybridized carbons (Fsp3) is 0.857. The lowest BCUT2D eigenvalue weighted by atomic mass is 9.79. The minimum Gasteiger partial charge on any atom is -0.409 e. The number of nitrogens with zero attached hydrogens (tertiary/aromatic N) is 3. The van der Waals surface area contributed by atoms with E-state index < -0.39 is 5.41 Å². The summed E-state index contributed by atoms with van der Waals surface area (Å²) in [4.78, 5) is 17.0. The number of likely N-dealkylation sites (N-methyl/N-ethyl adjacent to an activating group) is 1. The fourth-order valence-corrected chi connectivity index (χ4v) is 3.11. The largest absolute Gasteiger partial charge is 0.409 e. The van der Waals surface area contributed by atoms with Gasteiger partial charge in [0.15, 0.2) is 5.84 Å². The predicted molar refractivity (Wildman–Crippen MR) is 79.7 cm³/mol. The van der Waals surface area contributed by atoms with Gasteiger partial charge in [-0.3, -0.25) is 4.79 Å². The van der Waals surface area contributed by atoms with Crippen LogP contribution >= 0.6 is 0 Å². The van der Waals surface area contributed by atoms with Gasteiger partial charge in [0.05, 0.1) is 0 Å². The summed E-state index contributed by atoms with van der Waals surface area (Å²) in [6.07, 6.45) is 3.13. The average molecular weight is 284 g/mol. The molecule has 0 spiro atoms. The summed E-state index contributed by atoms with van der Waals surface area (Å²) in [5, 5.41) is 12.1. The second kappa shape index (κ2) is 6.92. The molecule has 0 aliphatic carbocycles. The van der Waals surface area contributed by atoms with E-state index in [1.165, 1.54) is 0 Å². The van der Waals surface area contributed by atoms with Gasteiger partial charge in [-0.1, -0.05) is 19.0 Å². The van der Waals surface area contributed by atoms with Gasteiger partial charge in [0.1, 0.15) is 5.41 Å². The molecule has 0 radical (unpaired) electrons. The van der Waals surface area contributed by atoms with E-state index in [1.807, 2.05) is 32.8 Å². The van der Waals surface area contributed by atoms with E-state index in [0.717, 1.165) is 25.9 Å². The summed E-state index contributed by atoms with van der Waals surface area (Å²) < 4.78 is 0. The van der Waals surface area contributed by atoms with E-state index >= 15 is 0 Å². The molecule has 0 aromatic carbocycles. The highest BCUT2D eigenvalue weighted by molar-refractivity contribution is 6.06. The molecule has 1 aliphatic rings. The minimum atomic E-state index is -0.871. The molecule has 0 bridgehead atoms. The van der Waals surface area contributed by atoms with Gasteiger partial charge in [-0.05, 0) is 39.8 Å². The molecule has 1 heterocycles. The van der Waals surface area contributed by atoms with E-state index in [-0.39, 0.29) is 17.8 Å². The Bertz CT molecular complexity index is 364. The Morgan fingerprint density at radius 3 is 2.50 bits per heavy atom. The molecule has 1 saturated heterocycles. The monoisotopic (exact) mass is 284 g/mol. The highest BCUT2D eigenvalue weighted by Crippen LogP contribution is 2.33. The molecule has 0 saturated carbocycles. The normalized spacial score (nSPS) is 20.8. The van der Waals surface area contributed by atoms with Gasteiger partial charge in [0, 0.05) is 19.1 Å². The molecule has 0 aromatic rings. The molecule has 1 atom stereocenters. The maximum atomic E-state index is 13.0. The van der Waals surface area contributed by atoms with E-state index in [2.05, 4.69) is 10.1 Å². The first kappa shape index (κ1) is 16.8. The third-order valence-electron chi connectivity index (χ3n) is 4.43. The van der Waals surface area contributed by atoms with Crippen molar-refractivity contribution in [3.05, 3.63) is 0 Å². The van der Waals surface area contributed by atoms with Gasteiger partial charge in [-0.2, -0.15) is 0 Å². The number of likely N-dealkylation sites (tertiary alicyclic amines) is 1. The van der Waals surface area contributed by atoms with Crippen LogP contribution in [-0.2, 0) is 4.79 Å². The van der Waals surface area contributed by atoms with Crippen LogP contribution in [0, 0.1) is 5.41 Å². The zero-order chi connectivity index (χ0) is 15.3. The second-order valence-corrected chi connectivity index (χ2v) is 5.83. The van der Waals surface area contributed by atoms with Crippen LogP contribution in [0.3, 0.4) is 0 Å². The van der Waals surface area contributed by atoms with Crippen LogP contribution in [-0.4, -0.2) is 60.0 Å². The number of amidine groups is 1. The Morgan fingerprint density at radius 2 is 2.05 bits per heavy atom. The lowest BCUT2D eigenvalue weighted by molar-refractivity contribution is -0.140. The zero-order valence-electron chi connectivity index (χ0n) is 13.1. The lowest BCUT2D eigenvalue weighted by Gasteiger charge is -2.36. The summed E-state index contributed by atoms with van der Waals surface area (Å²) in [5.74, 6) is 0.0325. The molecule has 1 amide bonds. The summed E-state index contributed by atoms with van der Waals surface area (Å²) in [6.45, 7) is 5.44. The fourth-order valence-electron chi connectivity index (χ4n) is 3.11. The smallest absolute Gasteiger partial charge is 0.236 e. The topological polar surface area (TPSA) is 82.2 Å². The molecule has 1 fully saturated rings. The van der Waals surface area contributed by atoms with Gasteiger partial charge in [0.2, 0.25) is 5.91 Å². The Balaban J connectivity index is 3.00. The maximum Gasteiger partial charge on any atom is 0.236 e. The molecule has 1 rings (SSSR count). The van der Waals surface area contributed by atoms with Gasteiger partial charge in [-0.25, -0.2) is 0 Å². The molecule has 1 unspecified atom stereocenters. The SMILES string of the molecule is CCC(CC)(C(=O)N1CCCC1CN(C)C)C(N)=NO. The number of rotatable bonds is 6. The molecular formula is C14H28N4O2. The number of carbonyl (C=O) groups is 1. The Labute approximate surface area is 121 Å². The van der Waals surface area contributed by atoms with Crippen LogP contribution in [0.1, 0.15) is 39.5 Å². The third-order valence-corrected chi connectivity index (χ3v) is 4.43. The van der Waals surface area contributed by atoms with Crippen molar-refractivity contribution in [2.45, 2.75) is 45.6 Å². The number of hydrogen-bond donors (Lipinski definition) is 2. The maximum absolute atomic E-state index is 13.0. The van der Waals surface area contributed by atoms with E-state index in [1.54, 1.807) is 0 Å². The minimum absolute atomic E-state index is 0.00199. The number of hydrogen-bond acceptors (Lipinski definition) is 4. The van der Waals surface area contributed by atoms with Crippen LogP contribution in [0.25, 0.3) is 0 Å². The van der Waals surface area contributed by atoms with Crippen LogP contribution in [0.5, 0.6) is 0 Å². The highest BCUT2D eigenvalue weighted by atomic mass is 16.4. The molecule has 6 nitrogen and oxygen atoms in total. The summed E-state index contributed by atoms with van der Waals surface area (Å²) >= 11 is 0. The van der Waals surface area contributed by atoms with Crippen molar-refractivity contribution in [2.24, 2.45) is 16.3 Å². The Hall–Kier alpha value is -1.30. The summed E-state index contributed by atoms with van der Waals surface area (Å²) in [7, 11) is 4.02. The molecule has 1 aliphatic heterocycles. The van der Waals surface area contributed by atoms with E-state index in [0.29, 0.717) is 12.8 Å². The standard InChI is InChI=1S/C14H28N4O2/c1-5-14(6-2,12(15)16-20)13(19)18-9-7-8-11(18)10-17(3)4/h11,20H,5-10H2,1-4H3,(H2,15,16). The van der Waals surface area contributed by atoms with Crippen molar-refractivity contribution in [3.63, 3.8) is 0 Å². The summed E-state index contributed by atoms with van der Waals surface area (Å²) in [5.41, 5.74) is 4.96. The van der Waals surface area contributed by atoms with Crippen molar-refractivity contribution in [3.8, 4) is 0 Å². The first-order valence-corrected chi connectivity index (χ1v) is 7.36. The molecule has 0 aromatic heterocycles. The van der Waals surface area contributed by atoms with Gasteiger partial charge in [-0.15, -0.1) is 0 Å². The van der Waals surface area contributed by atoms with Crippen molar-refractivity contribution in [1.29, 1.82) is 0 Å². The van der Waals surface area contributed by atoms with Crippen molar-refractivity contribution >= 4 is 11.7 Å². The third kappa shape index (κ3) is 3.06. The van der Waals surface area contributed by atoms with Crippen molar-refractivity contribution in [2.75, 3.05) is 27.2 Å². The molecule has 116 valence electrons. The van der Waals surface area contributed by atoms with Crippen LogP contribution in [0.2, 0.25) is 0 Å². The van der Waals surface area contributed by atoms with Crippen LogP contribution < -0.4 is 5.73 Å². The first-order valence-electron chi connectivity index (χ1n) is 7.36. The zero-order valence-corrected chi connectivity index (χ0v) is 13.1. The number of nitrogens with two attached hydrogens (primary N) is 1. The van der Waals surface area contributed by atoms with Crippen molar-refractivity contribution in [1.82, 2.24) is 9.80 Å². The highest BCUT2D eigenvalue weighted by Gasteiger charge is 2.45. The molecule has 20 heavy (non-hydrogen) atoms.